The van der Waals surface area contributed by atoms with Crippen LogP contribution in [-0.2, 0) is 10.0 Å². The second-order valence-corrected chi connectivity index (χ2v) is 6.89. The summed E-state index contributed by atoms with van der Waals surface area (Å²) in [6, 6.07) is 1.32. The Hall–Kier alpha value is -0.570. The first kappa shape index (κ1) is 15.5. The van der Waals surface area contributed by atoms with Gasteiger partial charge in [0.25, 0.3) is 0 Å². The summed E-state index contributed by atoms with van der Waals surface area (Å²) in [7, 11) is -4.17. The Labute approximate surface area is 112 Å². The molecular weight excluding hydrogens is 332 g/mol. The van der Waals surface area contributed by atoms with Crippen LogP contribution >= 0.6 is 15.9 Å². The van der Waals surface area contributed by atoms with Crippen molar-refractivity contribution in [2.24, 2.45) is 0 Å². The molecule has 0 aliphatic carbocycles. The maximum atomic E-state index is 13.5. The van der Waals surface area contributed by atoms with Crippen molar-refractivity contribution in [1.82, 2.24) is 4.72 Å². The lowest BCUT2D eigenvalue weighted by molar-refractivity contribution is 0.0857. The molecule has 0 bridgehead atoms. The minimum absolute atomic E-state index is 0.219. The largest absolute Gasteiger partial charge is 0.389 e. The molecule has 2 N–H and O–H groups in total. The lowest BCUT2D eigenvalue weighted by Gasteiger charge is -2.18. The molecule has 0 amide bonds. The number of hydrogen-bond acceptors (Lipinski definition) is 3. The zero-order valence-electron chi connectivity index (χ0n) is 9.67. The normalized spacial score (nSPS) is 12.8. The molecule has 1 aromatic rings. The summed E-state index contributed by atoms with van der Waals surface area (Å²) in [6.07, 6.45) is 0. The molecule has 0 heterocycles. The number of benzene rings is 1. The van der Waals surface area contributed by atoms with Crippen LogP contribution in [0.25, 0.3) is 0 Å². The van der Waals surface area contributed by atoms with E-state index in [9.17, 15) is 22.3 Å². The van der Waals surface area contributed by atoms with Crippen LogP contribution in [0.1, 0.15) is 13.8 Å². The molecule has 0 spiro atoms. The van der Waals surface area contributed by atoms with Crippen molar-refractivity contribution in [3.63, 3.8) is 0 Å². The van der Waals surface area contributed by atoms with E-state index in [0.29, 0.717) is 6.07 Å². The Kier molecular flexibility index (Phi) is 4.47. The van der Waals surface area contributed by atoms with Crippen LogP contribution in [-0.4, -0.2) is 25.7 Å². The van der Waals surface area contributed by atoms with E-state index < -0.39 is 32.2 Å². The summed E-state index contributed by atoms with van der Waals surface area (Å²) < 4.78 is 51.8. The third kappa shape index (κ3) is 3.98. The van der Waals surface area contributed by atoms with Gasteiger partial charge in [0, 0.05) is 17.1 Å². The third-order valence-corrected chi connectivity index (χ3v) is 4.29. The Morgan fingerprint density at radius 2 is 1.94 bits per heavy atom. The van der Waals surface area contributed by atoms with E-state index in [1.807, 2.05) is 4.72 Å². The number of sulfonamides is 1. The number of nitrogens with one attached hydrogen (secondary N) is 1. The van der Waals surface area contributed by atoms with Crippen LogP contribution < -0.4 is 4.72 Å². The maximum Gasteiger partial charge on any atom is 0.244 e. The van der Waals surface area contributed by atoms with Crippen molar-refractivity contribution in [1.29, 1.82) is 0 Å². The van der Waals surface area contributed by atoms with Gasteiger partial charge in [-0.1, -0.05) is 0 Å². The van der Waals surface area contributed by atoms with Gasteiger partial charge in [0.15, 0.2) is 0 Å². The smallest absolute Gasteiger partial charge is 0.244 e. The highest BCUT2D eigenvalue weighted by molar-refractivity contribution is 9.10. The minimum Gasteiger partial charge on any atom is -0.389 e. The Bertz CT molecular complexity index is 532. The minimum atomic E-state index is -4.17. The van der Waals surface area contributed by atoms with Gasteiger partial charge in [-0.25, -0.2) is 21.9 Å². The Morgan fingerprint density at radius 3 is 2.39 bits per heavy atom. The molecule has 4 nitrogen and oxygen atoms in total. The molecule has 0 atom stereocenters. The average Bonchev–Trinajstić information content (AvgIpc) is 2.11. The first-order valence-corrected chi connectivity index (χ1v) is 7.17. The highest BCUT2D eigenvalue weighted by atomic mass is 79.9. The van der Waals surface area contributed by atoms with Gasteiger partial charge in [0.2, 0.25) is 10.0 Å². The Morgan fingerprint density at radius 1 is 1.39 bits per heavy atom. The van der Waals surface area contributed by atoms with Crippen LogP contribution in [0.2, 0.25) is 0 Å². The van der Waals surface area contributed by atoms with Gasteiger partial charge in [-0.05, 0) is 35.8 Å². The fraction of sp³-hybridized carbons (Fsp3) is 0.400. The summed E-state index contributed by atoms with van der Waals surface area (Å²) in [5.41, 5.74) is -1.28. The molecule has 1 aromatic carbocycles. The zero-order chi connectivity index (χ0) is 14.1. The predicted octanol–water partition coefficient (Wildman–Crippen LogP) is 1.78. The van der Waals surface area contributed by atoms with Crippen molar-refractivity contribution in [2.45, 2.75) is 24.3 Å². The Balaban J connectivity index is 3.14. The van der Waals surface area contributed by atoms with Gasteiger partial charge < -0.3 is 5.11 Å². The number of hydrogen-bond donors (Lipinski definition) is 2. The zero-order valence-corrected chi connectivity index (χ0v) is 12.1. The SMILES string of the molecule is CC(C)(O)CNS(=O)(=O)c1c(F)cc(F)cc1Br. The topological polar surface area (TPSA) is 66.4 Å². The summed E-state index contributed by atoms with van der Waals surface area (Å²) in [6.45, 7) is 2.50. The second-order valence-electron chi connectivity index (χ2n) is 4.34. The van der Waals surface area contributed by atoms with Gasteiger partial charge in [0.1, 0.15) is 16.5 Å². The summed E-state index contributed by atoms with van der Waals surface area (Å²) in [4.78, 5) is -0.687. The van der Waals surface area contributed by atoms with Crippen molar-refractivity contribution in [2.75, 3.05) is 6.54 Å². The van der Waals surface area contributed by atoms with Gasteiger partial charge in [0.05, 0.1) is 5.60 Å². The second kappa shape index (κ2) is 5.20. The predicted molar refractivity (Wildman–Crippen MR) is 65.5 cm³/mol. The molecule has 1 rings (SSSR count). The van der Waals surface area contributed by atoms with Crippen molar-refractivity contribution >= 4 is 26.0 Å². The van der Waals surface area contributed by atoms with Crippen LogP contribution in [0.15, 0.2) is 21.5 Å². The van der Waals surface area contributed by atoms with Crippen LogP contribution in [0.3, 0.4) is 0 Å². The summed E-state index contributed by atoms with van der Waals surface area (Å²) in [5, 5.41) is 9.42. The lowest BCUT2D eigenvalue weighted by atomic mass is 10.1. The van der Waals surface area contributed by atoms with Crippen molar-refractivity contribution in [3.8, 4) is 0 Å². The first-order valence-electron chi connectivity index (χ1n) is 4.89. The molecule has 18 heavy (non-hydrogen) atoms. The number of rotatable bonds is 4. The molecule has 0 aliphatic rings. The molecule has 0 aromatic heterocycles. The van der Waals surface area contributed by atoms with E-state index in [2.05, 4.69) is 15.9 Å². The van der Waals surface area contributed by atoms with Crippen LogP contribution in [0.5, 0.6) is 0 Å². The average molecular weight is 344 g/mol. The molecule has 0 radical (unpaired) electrons. The molecule has 8 heteroatoms. The molecule has 0 unspecified atom stereocenters. The van der Waals surface area contributed by atoms with Gasteiger partial charge in [-0.15, -0.1) is 0 Å². The van der Waals surface area contributed by atoms with E-state index in [1.54, 1.807) is 0 Å². The van der Waals surface area contributed by atoms with Gasteiger partial charge in [-0.2, -0.15) is 0 Å². The lowest BCUT2D eigenvalue weighted by Crippen LogP contribution is -2.38. The first-order chi connectivity index (χ1) is 8.03. The highest BCUT2D eigenvalue weighted by Gasteiger charge is 2.25. The molecule has 0 saturated heterocycles. The van der Waals surface area contributed by atoms with E-state index in [-0.39, 0.29) is 11.0 Å². The fourth-order valence-electron chi connectivity index (χ4n) is 1.13. The van der Waals surface area contributed by atoms with Gasteiger partial charge in [-0.3, -0.25) is 0 Å². The van der Waals surface area contributed by atoms with Crippen LogP contribution in [0, 0.1) is 11.6 Å². The molecule has 0 saturated carbocycles. The fourth-order valence-corrected chi connectivity index (χ4v) is 3.50. The van der Waals surface area contributed by atoms with Crippen LogP contribution in [0.4, 0.5) is 8.78 Å². The monoisotopic (exact) mass is 343 g/mol. The van der Waals surface area contributed by atoms with Crippen molar-refractivity contribution in [3.05, 3.63) is 28.2 Å². The quantitative estimate of drug-likeness (QED) is 0.875. The maximum absolute atomic E-state index is 13.5. The summed E-state index contributed by atoms with van der Waals surface area (Å²) in [5.74, 6) is -2.09. The van der Waals surface area contributed by atoms with E-state index in [4.69, 9.17) is 0 Å². The van der Waals surface area contributed by atoms with Gasteiger partial charge >= 0.3 is 0 Å². The molecule has 102 valence electrons. The summed E-state index contributed by atoms with van der Waals surface area (Å²) >= 11 is 2.79. The molecule has 0 aliphatic heterocycles. The molecule has 0 fully saturated rings. The number of aliphatic hydroxyl groups is 1. The molecular formula is C10H12BrF2NO3S. The third-order valence-electron chi connectivity index (χ3n) is 1.93. The highest BCUT2D eigenvalue weighted by Crippen LogP contribution is 2.26. The number of halogens is 3. The van der Waals surface area contributed by atoms with Crippen molar-refractivity contribution < 1.29 is 22.3 Å². The standard InChI is InChI=1S/C10H12BrF2NO3S/c1-10(2,15)5-14-18(16,17)9-7(11)3-6(12)4-8(9)13/h3-4,14-15H,5H2,1-2H3. The van der Waals surface area contributed by atoms with E-state index >= 15 is 0 Å². The van der Waals surface area contributed by atoms with E-state index in [1.165, 1.54) is 13.8 Å². The van der Waals surface area contributed by atoms with E-state index in [0.717, 1.165) is 6.07 Å².